The van der Waals surface area contributed by atoms with Crippen LogP contribution in [0.4, 0.5) is 13.2 Å². The van der Waals surface area contributed by atoms with Crippen molar-refractivity contribution in [2.45, 2.75) is 61.5 Å². The number of esters is 2. The Morgan fingerprint density at radius 3 is 2.55 bits per heavy atom. The molecule has 51 heavy (non-hydrogen) atoms. The van der Waals surface area contributed by atoms with Gasteiger partial charge in [0.15, 0.2) is 11.9 Å². The van der Waals surface area contributed by atoms with E-state index in [0.717, 1.165) is 12.1 Å². The summed E-state index contributed by atoms with van der Waals surface area (Å²) in [6, 6.07) is 9.00. The summed E-state index contributed by atoms with van der Waals surface area (Å²) in [5, 5.41) is 20.7. The summed E-state index contributed by atoms with van der Waals surface area (Å²) in [5.41, 5.74) is -1.32. The van der Waals surface area contributed by atoms with Gasteiger partial charge in [0.1, 0.15) is 30.1 Å². The molecule has 0 bridgehead atoms. The zero-order chi connectivity index (χ0) is 36.8. The predicted octanol–water partition coefficient (Wildman–Crippen LogP) is 5.33. The van der Waals surface area contributed by atoms with E-state index in [1.807, 2.05) is 6.07 Å². The van der Waals surface area contributed by atoms with Crippen LogP contribution in [-0.4, -0.2) is 74.4 Å². The molecule has 0 aliphatic carbocycles. The maximum atomic E-state index is 15.6. The fourth-order valence-electron chi connectivity index (χ4n) is 5.06. The van der Waals surface area contributed by atoms with E-state index in [-0.39, 0.29) is 68.4 Å². The molecule has 1 aromatic heterocycles. The highest BCUT2D eigenvalue weighted by atomic mass is 32.2. The van der Waals surface area contributed by atoms with Crippen LogP contribution in [0.2, 0.25) is 0 Å². The number of carbonyl (C=O) groups excluding carboxylic acids is 2. The van der Waals surface area contributed by atoms with Crippen molar-refractivity contribution in [1.82, 2.24) is 14.8 Å². The second kappa shape index (κ2) is 18.9. The minimum absolute atomic E-state index is 0.0429. The minimum Gasteiger partial charge on any atom is -0.481 e. The number of allylic oxidation sites excluding steroid dienone is 2. The number of nitriles is 1. The Bertz CT molecular complexity index is 1760. The van der Waals surface area contributed by atoms with Gasteiger partial charge < -0.3 is 24.1 Å². The summed E-state index contributed by atoms with van der Waals surface area (Å²) in [6.45, 7) is 1.76. The van der Waals surface area contributed by atoms with E-state index >= 15 is 4.39 Å². The number of carbonyl (C=O) groups is 3. The van der Waals surface area contributed by atoms with Gasteiger partial charge in [0.05, 0.1) is 56.1 Å². The number of aliphatic carboxylic acids is 1. The van der Waals surface area contributed by atoms with Crippen molar-refractivity contribution >= 4 is 35.7 Å². The number of carboxylic acids is 1. The molecule has 12 nitrogen and oxygen atoms in total. The first-order valence-electron chi connectivity index (χ1n) is 15.8. The predicted molar refractivity (Wildman–Crippen MR) is 177 cm³/mol. The lowest BCUT2D eigenvalue weighted by molar-refractivity contribution is -0.164. The van der Waals surface area contributed by atoms with E-state index < -0.39 is 52.5 Å². The minimum atomic E-state index is -1.74. The number of hydrogen-bond acceptors (Lipinski definition) is 11. The van der Waals surface area contributed by atoms with E-state index in [9.17, 15) is 23.2 Å². The van der Waals surface area contributed by atoms with Crippen LogP contribution in [-0.2, 0) is 45.5 Å². The van der Waals surface area contributed by atoms with E-state index in [2.05, 4.69) is 10.1 Å². The number of hydrogen-bond donors (Lipinski definition) is 1. The summed E-state index contributed by atoms with van der Waals surface area (Å²) < 4.78 is 67.9. The van der Waals surface area contributed by atoms with Crippen molar-refractivity contribution in [3.8, 4) is 6.07 Å². The largest absolute Gasteiger partial charge is 0.481 e. The summed E-state index contributed by atoms with van der Waals surface area (Å²) in [6.07, 6.45) is 7.43. The van der Waals surface area contributed by atoms with Crippen LogP contribution in [0.25, 0.3) is 6.08 Å². The number of ether oxygens (including phenoxy) is 4. The van der Waals surface area contributed by atoms with Crippen molar-refractivity contribution in [2.75, 3.05) is 19.8 Å². The lowest BCUT2D eigenvalue weighted by atomic mass is 9.89. The zero-order valence-electron chi connectivity index (χ0n) is 27.5. The number of benzene rings is 2. The van der Waals surface area contributed by atoms with Crippen LogP contribution in [0.1, 0.15) is 49.3 Å². The maximum absolute atomic E-state index is 15.6. The van der Waals surface area contributed by atoms with Gasteiger partial charge in [-0.2, -0.15) is 10.4 Å². The molecule has 0 spiro atoms. The van der Waals surface area contributed by atoms with Crippen LogP contribution in [0.5, 0.6) is 0 Å². The fourth-order valence-corrected chi connectivity index (χ4v) is 6.42. The molecule has 1 aliphatic rings. The summed E-state index contributed by atoms with van der Waals surface area (Å²) in [4.78, 5) is 39.7. The molecule has 1 saturated heterocycles. The van der Waals surface area contributed by atoms with Gasteiger partial charge in [0.25, 0.3) is 0 Å². The summed E-state index contributed by atoms with van der Waals surface area (Å²) >= 11 is 1.30. The molecular formula is C35H35F3N4O8S. The highest BCUT2D eigenvalue weighted by molar-refractivity contribution is 8.00. The third-order valence-electron chi connectivity index (χ3n) is 7.61. The smallest absolute Gasteiger partial charge is 0.306 e. The number of nitrogens with zero attached hydrogens (tertiary/aromatic N) is 4. The third-order valence-corrected chi connectivity index (χ3v) is 9.05. The summed E-state index contributed by atoms with van der Waals surface area (Å²) in [7, 11) is 0. The number of carboxylic acid groups (broad SMARTS) is 1. The normalized spacial score (nSPS) is 17.9. The van der Waals surface area contributed by atoms with Gasteiger partial charge in [0, 0.05) is 28.9 Å². The van der Waals surface area contributed by atoms with E-state index in [4.69, 9.17) is 29.3 Å². The lowest BCUT2D eigenvalue weighted by Gasteiger charge is -2.40. The average molecular weight is 729 g/mol. The molecule has 3 aromatic rings. The standard InChI is InChI=1S/C35H35F3N4O8S/c1-23(51-27-18-48-34(49-19-27)7-3-2-5-25-9-8-24(17-39)15-29(25)37)35(20-42-22-40-21-41-42,28-11-10-26(36)16-30(28)38)50-33(46)6-4-14-47-32(45)13-12-31(43)44/h2-3,5,7-11,15-16,21-23,27,34H,4,6,12-14,18-20H2,1H3,(H,43,44)/t23-,27?,34?,35-/m1/s1. The van der Waals surface area contributed by atoms with Crippen LogP contribution in [0.3, 0.4) is 0 Å². The molecule has 0 unspecified atom stereocenters. The molecule has 4 rings (SSSR count). The molecule has 2 aromatic carbocycles. The molecule has 16 heteroatoms. The number of thioether (sulfide) groups is 1. The monoisotopic (exact) mass is 728 g/mol. The number of halogens is 3. The van der Waals surface area contributed by atoms with Gasteiger partial charge in [-0.25, -0.2) is 22.8 Å². The van der Waals surface area contributed by atoms with Crippen molar-refractivity contribution in [2.24, 2.45) is 0 Å². The van der Waals surface area contributed by atoms with Gasteiger partial charge in [-0.05, 0) is 43.7 Å². The molecule has 2 heterocycles. The number of aromatic nitrogens is 3. The van der Waals surface area contributed by atoms with Gasteiger partial charge in [-0.1, -0.05) is 24.3 Å². The topological polar surface area (TPSA) is 163 Å². The maximum Gasteiger partial charge on any atom is 0.306 e. The van der Waals surface area contributed by atoms with Gasteiger partial charge in [0.2, 0.25) is 0 Å². The van der Waals surface area contributed by atoms with Gasteiger partial charge >= 0.3 is 17.9 Å². The lowest BCUT2D eigenvalue weighted by Crippen LogP contribution is -2.47. The first kappa shape index (κ1) is 38.8. The van der Waals surface area contributed by atoms with Crippen LogP contribution in [0, 0.1) is 28.8 Å². The van der Waals surface area contributed by atoms with Crippen LogP contribution >= 0.6 is 11.8 Å². The molecule has 0 amide bonds. The van der Waals surface area contributed by atoms with Crippen molar-refractivity contribution < 1.29 is 51.6 Å². The molecule has 0 saturated carbocycles. The number of rotatable bonds is 17. The fraction of sp³-hybridized carbons (Fsp3) is 0.371. The van der Waals surface area contributed by atoms with Crippen LogP contribution in [0.15, 0.2) is 67.3 Å². The molecule has 270 valence electrons. The third kappa shape index (κ3) is 11.5. The molecule has 1 N–H and O–H groups in total. The first-order chi connectivity index (χ1) is 24.5. The first-order valence-corrected chi connectivity index (χ1v) is 16.7. The van der Waals surface area contributed by atoms with E-state index in [1.54, 1.807) is 25.2 Å². The van der Waals surface area contributed by atoms with Crippen LogP contribution < -0.4 is 0 Å². The second-order valence-corrected chi connectivity index (χ2v) is 13.0. The van der Waals surface area contributed by atoms with Gasteiger partial charge in [-0.15, -0.1) is 11.8 Å². The Morgan fingerprint density at radius 2 is 1.88 bits per heavy atom. The SMILES string of the molecule is C[C@@H](SC1COC(C=CC=Cc2ccc(C#N)cc2F)OC1)[C@@](Cn1cncn1)(OC(=O)CCCOC(=O)CCC(=O)O)c1ccc(F)cc1F. The average Bonchev–Trinajstić information content (AvgIpc) is 3.61. The molecular weight excluding hydrogens is 693 g/mol. The van der Waals surface area contributed by atoms with Crippen molar-refractivity contribution in [3.63, 3.8) is 0 Å². The molecule has 2 atom stereocenters. The Morgan fingerprint density at radius 1 is 1.10 bits per heavy atom. The molecule has 1 aliphatic heterocycles. The highest BCUT2D eigenvalue weighted by Gasteiger charge is 2.46. The Labute approximate surface area is 295 Å². The van der Waals surface area contributed by atoms with E-state index in [1.165, 1.54) is 53.4 Å². The zero-order valence-corrected chi connectivity index (χ0v) is 28.3. The van der Waals surface area contributed by atoms with Crippen molar-refractivity contribution in [3.05, 3.63) is 101 Å². The Hall–Kier alpha value is -4.98. The highest BCUT2D eigenvalue weighted by Crippen LogP contribution is 2.42. The molecule has 0 radical (unpaired) electrons. The van der Waals surface area contributed by atoms with E-state index in [0.29, 0.717) is 11.6 Å². The van der Waals surface area contributed by atoms with Gasteiger partial charge in [-0.3, -0.25) is 14.4 Å². The Balaban J connectivity index is 1.44. The second-order valence-electron chi connectivity index (χ2n) is 11.3. The quantitative estimate of drug-likeness (QED) is 0.108. The molecule has 1 fully saturated rings. The van der Waals surface area contributed by atoms with Crippen molar-refractivity contribution in [1.29, 1.82) is 5.26 Å². The summed E-state index contributed by atoms with van der Waals surface area (Å²) in [5.74, 6) is -4.94. The Kier molecular flexibility index (Phi) is 14.4.